The number of nitrogens with zero attached hydrogens (tertiary/aromatic N) is 2. The highest BCUT2D eigenvalue weighted by atomic mass is 32.2. The quantitative estimate of drug-likeness (QED) is 0.720. The van der Waals surface area contributed by atoms with E-state index in [1.54, 1.807) is 0 Å². The molecule has 0 bridgehead atoms. The van der Waals surface area contributed by atoms with Crippen molar-refractivity contribution in [2.24, 2.45) is 5.92 Å². The lowest BCUT2D eigenvalue weighted by Crippen LogP contribution is -2.40. The third-order valence-corrected chi connectivity index (χ3v) is 6.09. The zero-order valence-electron chi connectivity index (χ0n) is 12.4. The first-order valence-corrected chi connectivity index (χ1v) is 8.68. The van der Waals surface area contributed by atoms with Crippen LogP contribution in [0.3, 0.4) is 0 Å². The van der Waals surface area contributed by atoms with Gasteiger partial charge in [0.2, 0.25) is 0 Å². The zero-order chi connectivity index (χ0) is 13.0. The first-order chi connectivity index (χ1) is 8.69. The van der Waals surface area contributed by atoms with Gasteiger partial charge in [-0.1, -0.05) is 25.3 Å². The number of likely N-dealkylation sites (tertiary alicyclic amines) is 1. The maximum atomic E-state index is 2.65. The van der Waals surface area contributed by atoms with Crippen LogP contribution in [0.25, 0.3) is 0 Å². The van der Waals surface area contributed by atoms with Crippen molar-refractivity contribution >= 4 is 11.9 Å². The lowest BCUT2D eigenvalue weighted by Gasteiger charge is -2.38. The minimum absolute atomic E-state index is 0.733. The van der Waals surface area contributed by atoms with Crippen LogP contribution in [0.5, 0.6) is 0 Å². The molecular weight excluding hydrogens is 240 g/mol. The van der Waals surface area contributed by atoms with E-state index in [4.69, 9.17) is 0 Å². The first kappa shape index (κ1) is 14.7. The third-order valence-electron chi connectivity index (χ3n) is 4.66. The van der Waals surface area contributed by atoms with Crippen LogP contribution in [0.1, 0.15) is 52.9 Å². The predicted molar refractivity (Wildman–Crippen MR) is 81.9 cm³/mol. The lowest BCUT2D eigenvalue weighted by atomic mass is 9.96. The molecule has 0 unspecified atom stereocenters. The van der Waals surface area contributed by atoms with E-state index in [1.807, 2.05) is 0 Å². The van der Waals surface area contributed by atoms with Crippen LogP contribution in [0.2, 0.25) is 0 Å². The second kappa shape index (κ2) is 7.16. The van der Waals surface area contributed by atoms with Gasteiger partial charge in [-0.3, -0.25) is 4.31 Å². The predicted octanol–water partition coefficient (Wildman–Crippen LogP) is 3.63. The Morgan fingerprint density at radius 3 is 2.11 bits per heavy atom. The normalized spacial score (nSPS) is 26.0. The van der Waals surface area contributed by atoms with Gasteiger partial charge in [-0.2, -0.15) is 0 Å². The van der Waals surface area contributed by atoms with Gasteiger partial charge in [-0.15, -0.1) is 0 Å². The number of hydrogen-bond donors (Lipinski definition) is 0. The van der Waals surface area contributed by atoms with Crippen LogP contribution in [-0.4, -0.2) is 46.7 Å². The molecular formula is C15H30N2S. The van der Waals surface area contributed by atoms with Crippen molar-refractivity contribution in [1.82, 2.24) is 9.21 Å². The van der Waals surface area contributed by atoms with Crippen LogP contribution in [-0.2, 0) is 0 Å². The monoisotopic (exact) mass is 270 g/mol. The Bertz CT molecular complexity index is 229. The second-order valence-corrected chi connectivity index (χ2v) is 7.61. The van der Waals surface area contributed by atoms with Gasteiger partial charge in [0.05, 0.1) is 0 Å². The van der Waals surface area contributed by atoms with E-state index in [-0.39, 0.29) is 0 Å². The Balaban J connectivity index is 1.66. The fraction of sp³-hybridized carbons (Fsp3) is 1.00. The van der Waals surface area contributed by atoms with Crippen molar-refractivity contribution in [3.8, 4) is 0 Å². The van der Waals surface area contributed by atoms with E-state index in [9.17, 15) is 0 Å². The molecule has 18 heavy (non-hydrogen) atoms. The Hall–Kier alpha value is 0.270. The zero-order valence-corrected chi connectivity index (χ0v) is 13.2. The molecule has 0 spiro atoms. The summed E-state index contributed by atoms with van der Waals surface area (Å²) >= 11 is 2.17. The average molecular weight is 270 g/mol. The molecule has 106 valence electrons. The van der Waals surface area contributed by atoms with Crippen LogP contribution >= 0.6 is 11.9 Å². The molecule has 3 heteroatoms. The Morgan fingerprint density at radius 2 is 1.61 bits per heavy atom. The minimum atomic E-state index is 0.733. The van der Waals surface area contributed by atoms with Gasteiger partial charge in [0.1, 0.15) is 0 Å². The molecule has 2 aliphatic heterocycles. The molecule has 0 aromatic rings. The second-order valence-electron chi connectivity index (χ2n) is 6.22. The maximum Gasteiger partial charge on any atom is 0.0219 e. The molecule has 2 rings (SSSR count). The van der Waals surface area contributed by atoms with E-state index in [2.05, 4.69) is 41.9 Å². The van der Waals surface area contributed by atoms with E-state index < -0.39 is 0 Å². The van der Waals surface area contributed by atoms with E-state index in [0.29, 0.717) is 0 Å². The first-order valence-electron chi connectivity index (χ1n) is 7.84. The van der Waals surface area contributed by atoms with Gasteiger partial charge in [0, 0.05) is 24.4 Å². The Labute approximate surface area is 118 Å². The van der Waals surface area contributed by atoms with Crippen LogP contribution < -0.4 is 0 Å². The molecule has 2 fully saturated rings. The number of hydrogen-bond acceptors (Lipinski definition) is 3. The van der Waals surface area contributed by atoms with Crippen molar-refractivity contribution in [1.29, 1.82) is 0 Å². The summed E-state index contributed by atoms with van der Waals surface area (Å²) in [4.78, 5) is 2.63. The van der Waals surface area contributed by atoms with Gasteiger partial charge in [-0.25, -0.2) is 0 Å². The molecule has 0 saturated carbocycles. The average Bonchev–Trinajstić information content (AvgIpc) is 2.40. The summed E-state index contributed by atoms with van der Waals surface area (Å²) in [7, 11) is 0. The fourth-order valence-electron chi connectivity index (χ4n) is 3.13. The van der Waals surface area contributed by atoms with Crippen LogP contribution in [0.15, 0.2) is 0 Å². The Morgan fingerprint density at radius 1 is 1.00 bits per heavy atom. The summed E-state index contributed by atoms with van der Waals surface area (Å²) < 4.78 is 2.65. The fourth-order valence-corrected chi connectivity index (χ4v) is 4.40. The Kier molecular flexibility index (Phi) is 5.84. The summed E-state index contributed by atoms with van der Waals surface area (Å²) in [5.41, 5.74) is 0. The smallest absolute Gasteiger partial charge is 0.0219 e. The molecule has 2 heterocycles. The molecule has 2 aliphatic rings. The molecule has 0 N–H and O–H groups in total. The van der Waals surface area contributed by atoms with Crippen LogP contribution in [0.4, 0.5) is 0 Å². The molecule has 0 aliphatic carbocycles. The van der Waals surface area contributed by atoms with Crippen molar-refractivity contribution in [3.63, 3.8) is 0 Å². The van der Waals surface area contributed by atoms with Crippen molar-refractivity contribution in [2.75, 3.05) is 26.2 Å². The topological polar surface area (TPSA) is 6.48 Å². The molecule has 2 nitrogen and oxygen atoms in total. The molecule has 0 aromatic heterocycles. The molecule has 0 radical (unpaired) electrons. The summed E-state index contributed by atoms with van der Waals surface area (Å²) in [6, 6.07) is 0.733. The minimum Gasteiger partial charge on any atom is -0.301 e. The molecule has 2 saturated heterocycles. The standard InChI is InChI=1S/C15H30N2S/c1-4-14-5-11-17(12-6-14)18-15-7-9-16(10-8-15)13(2)3/h13-15H,4-12H2,1-3H3. The van der Waals surface area contributed by atoms with Gasteiger partial charge >= 0.3 is 0 Å². The molecule has 0 amide bonds. The largest absolute Gasteiger partial charge is 0.301 e. The van der Waals surface area contributed by atoms with Crippen LogP contribution in [0, 0.1) is 5.92 Å². The van der Waals surface area contributed by atoms with Gasteiger partial charge in [0.25, 0.3) is 0 Å². The van der Waals surface area contributed by atoms with Gasteiger partial charge in [0.15, 0.2) is 0 Å². The molecule has 0 atom stereocenters. The summed E-state index contributed by atoms with van der Waals surface area (Å²) in [6.45, 7) is 12.3. The van der Waals surface area contributed by atoms with Crippen molar-refractivity contribution < 1.29 is 0 Å². The van der Waals surface area contributed by atoms with Gasteiger partial charge < -0.3 is 4.90 Å². The SMILES string of the molecule is CCC1CCN(SC2CCN(C(C)C)CC2)CC1. The van der Waals surface area contributed by atoms with Gasteiger partial charge in [-0.05, 0) is 58.5 Å². The van der Waals surface area contributed by atoms with E-state index >= 15 is 0 Å². The third kappa shape index (κ3) is 4.14. The van der Waals surface area contributed by atoms with E-state index in [0.717, 1.165) is 17.2 Å². The highest BCUT2D eigenvalue weighted by Gasteiger charge is 2.25. The van der Waals surface area contributed by atoms with E-state index in [1.165, 1.54) is 58.3 Å². The number of piperidine rings is 2. The highest BCUT2D eigenvalue weighted by molar-refractivity contribution is 7.97. The maximum absolute atomic E-state index is 2.65. The summed E-state index contributed by atoms with van der Waals surface area (Å²) in [5, 5.41) is 0.887. The summed E-state index contributed by atoms with van der Waals surface area (Å²) in [5.74, 6) is 1.00. The highest BCUT2D eigenvalue weighted by Crippen LogP contribution is 2.31. The van der Waals surface area contributed by atoms with Crippen molar-refractivity contribution in [2.45, 2.75) is 64.2 Å². The number of rotatable bonds is 4. The lowest BCUT2D eigenvalue weighted by molar-refractivity contribution is 0.186. The summed E-state index contributed by atoms with van der Waals surface area (Å²) in [6.07, 6.45) is 7.00. The molecule has 0 aromatic carbocycles. The van der Waals surface area contributed by atoms with Crippen molar-refractivity contribution in [3.05, 3.63) is 0 Å².